The number of rotatable bonds is 3. The van der Waals surface area contributed by atoms with E-state index < -0.39 is 11.9 Å². The van der Waals surface area contributed by atoms with Crippen LogP contribution in [0.25, 0.3) is 0 Å². The average Bonchev–Trinajstić information content (AvgIpc) is 2.04. The second-order valence-corrected chi connectivity index (χ2v) is 2.79. The summed E-state index contributed by atoms with van der Waals surface area (Å²) in [4.78, 5) is 0. The van der Waals surface area contributed by atoms with Crippen molar-refractivity contribution in [3.05, 3.63) is 29.6 Å². The molecule has 0 fully saturated rings. The molecule has 0 unspecified atom stereocenters. The lowest BCUT2D eigenvalue weighted by Gasteiger charge is -2.08. The van der Waals surface area contributed by atoms with Gasteiger partial charge in [0.05, 0.1) is 12.7 Å². The molecular weight excluding hydrogens is 171 g/mol. The third kappa shape index (κ3) is 2.42. The second kappa shape index (κ2) is 4.23. The molecule has 1 N–H and O–H groups in total. The lowest BCUT2D eigenvalue weighted by molar-refractivity contribution is 0.194. The molecule has 3 heteroatoms. The van der Waals surface area contributed by atoms with E-state index in [0.717, 1.165) is 0 Å². The van der Waals surface area contributed by atoms with Gasteiger partial charge in [0.2, 0.25) is 0 Å². The number of hydrogen-bond acceptors (Lipinski definition) is 2. The monoisotopic (exact) mass is 184 g/mol. The molecule has 0 aromatic heterocycles. The number of aliphatic hydroxyl groups is 1. The molecule has 0 amide bonds. The first-order chi connectivity index (χ1) is 6.15. The van der Waals surface area contributed by atoms with Crippen LogP contribution in [-0.2, 0) is 0 Å². The minimum atomic E-state index is -0.782. The smallest absolute Gasteiger partial charge is 0.132 e. The molecule has 13 heavy (non-hydrogen) atoms. The van der Waals surface area contributed by atoms with Crippen LogP contribution in [0.3, 0.4) is 0 Å². The van der Waals surface area contributed by atoms with Crippen molar-refractivity contribution in [3.8, 4) is 5.75 Å². The number of halogens is 1. The van der Waals surface area contributed by atoms with E-state index in [1.165, 1.54) is 19.1 Å². The van der Waals surface area contributed by atoms with Gasteiger partial charge in [-0.25, -0.2) is 4.39 Å². The molecule has 2 nitrogen and oxygen atoms in total. The SMILES string of the molecule is CCOc1ccc([C@@H](C)O)c(F)c1. The summed E-state index contributed by atoms with van der Waals surface area (Å²) in [5.41, 5.74) is 0.295. The van der Waals surface area contributed by atoms with E-state index in [4.69, 9.17) is 9.84 Å². The van der Waals surface area contributed by atoms with Crippen molar-refractivity contribution in [3.63, 3.8) is 0 Å². The Labute approximate surface area is 77.0 Å². The van der Waals surface area contributed by atoms with Crippen molar-refractivity contribution in [2.45, 2.75) is 20.0 Å². The lowest BCUT2D eigenvalue weighted by Crippen LogP contribution is -1.97. The van der Waals surface area contributed by atoms with Gasteiger partial charge in [0, 0.05) is 11.6 Å². The van der Waals surface area contributed by atoms with Crippen LogP contribution in [-0.4, -0.2) is 11.7 Å². The van der Waals surface area contributed by atoms with Gasteiger partial charge in [0.15, 0.2) is 0 Å². The zero-order valence-corrected chi connectivity index (χ0v) is 7.75. The Bertz CT molecular complexity index is 284. The topological polar surface area (TPSA) is 29.5 Å². The Morgan fingerprint density at radius 2 is 2.23 bits per heavy atom. The van der Waals surface area contributed by atoms with E-state index >= 15 is 0 Å². The summed E-state index contributed by atoms with van der Waals surface area (Å²) in [5.74, 6) is 0.0605. The Hall–Kier alpha value is -1.09. The summed E-state index contributed by atoms with van der Waals surface area (Å²) in [7, 11) is 0. The van der Waals surface area contributed by atoms with Crippen molar-refractivity contribution >= 4 is 0 Å². The third-order valence-electron chi connectivity index (χ3n) is 1.73. The molecule has 0 saturated heterocycles. The van der Waals surface area contributed by atoms with Crippen LogP contribution >= 0.6 is 0 Å². The van der Waals surface area contributed by atoms with Gasteiger partial charge < -0.3 is 9.84 Å². The van der Waals surface area contributed by atoms with Crippen LogP contribution in [0.1, 0.15) is 25.5 Å². The number of benzene rings is 1. The van der Waals surface area contributed by atoms with E-state index in [1.807, 2.05) is 6.92 Å². The maximum atomic E-state index is 13.2. The average molecular weight is 184 g/mol. The fourth-order valence-electron chi connectivity index (χ4n) is 1.10. The van der Waals surface area contributed by atoms with Gasteiger partial charge in [-0.1, -0.05) is 0 Å². The molecule has 0 aliphatic heterocycles. The molecule has 0 radical (unpaired) electrons. The van der Waals surface area contributed by atoms with Crippen LogP contribution in [0.5, 0.6) is 5.75 Å². The van der Waals surface area contributed by atoms with Crippen LogP contribution in [0.2, 0.25) is 0 Å². The predicted octanol–water partition coefficient (Wildman–Crippen LogP) is 2.28. The maximum Gasteiger partial charge on any atom is 0.132 e. The summed E-state index contributed by atoms with van der Waals surface area (Å²) in [6, 6.07) is 4.46. The van der Waals surface area contributed by atoms with Crippen LogP contribution in [0, 0.1) is 5.82 Å². The standard InChI is InChI=1S/C10H13FO2/c1-3-13-8-4-5-9(7(2)12)10(11)6-8/h4-7,12H,3H2,1-2H3/t7-/m1/s1. The highest BCUT2D eigenvalue weighted by Gasteiger charge is 2.08. The Balaban J connectivity index is 2.92. The minimum absolute atomic E-state index is 0.295. The first-order valence-electron chi connectivity index (χ1n) is 4.25. The Morgan fingerprint density at radius 3 is 2.69 bits per heavy atom. The summed E-state index contributed by atoms with van der Waals surface area (Å²) in [6.07, 6.45) is -0.782. The third-order valence-corrected chi connectivity index (χ3v) is 1.73. The van der Waals surface area contributed by atoms with Gasteiger partial charge in [-0.2, -0.15) is 0 Å². The number of ether oxygens (including phenoxy) is 1. The van der Waals surface area contributed by atoms with E-state index in [9.17, 15) is 4.39 Å². The molecule has 0 saturated carbocycles. The predicted molar refractivity (Wildman–Crippen MR) is 48.2 cm³/mol. The highest BCUT2D eigenvalue weighted by atomic mass is 19.1. The molecule has 0 aliphatic carbocycles. The van der Waals surface area contributed by atoms with Crippen molar-refractivity contribution in [2.24, 2.45) is 0 Å². The molecule has 1 aromatic carbocycles. The van der Waals surface area contributed by atoms with Gasteiger partial charge in [-0.15, -0.1) is 0 Å². The highest BCUT2D eigenvalue weighted by Crippen LogP contribution is 2.21. The maximum absolute atomic E-state index is 13.2. The summed E-state index contributed by atoms with van der Waals surface area (Å²) in [5, 5.41) is 9.14. The number of hydrogen-bond donors (Lipinski definition) is 1. The molecule has 72 valence electrons. The molecule has 0 bridgehead atoms. The molecule has 0 heterocycles. The number of aliphatic hydroxyl groups excluding tert-OH is 1. The van der Waals surface area contributed by atoms with Gasteiger partial charge >= 0.3 is 0 Å². The molecule has 1 rings (SSSR count). The quantitative estimate of drug-likeness (QED) is 0.780. The fourth-order valence-corrected chi connectivity index (χ4v) is 1.10. The van der Waals surface area contributed by atoms with Crippen molar-refractivity contribution < 1.29 is 14.2 Å². The van der Waals surface area contributed by atoms with Crippen LogP contribution in [0.4, 0.5) is 4.39 Å². The van der Waals surface area contributed by atoms with E-state index in [-0.39, 0.29) is 0 Å². The van der Waals surface area contributed by atoms with Crippen LogP contribution in [0.15, 0.2) is 18.2 Å². The summed E-state index contributed by atoms with van der Waals surface area (Å²) < 4.78 is 18.3. The zero-order valence-electron chi connectivity index (χ0n) is 7.75. The lowest BCUT2D eigenvalue weighted by atomic mass is 10.1. The first kappa shape index (κ1) is 9.99. The molecular formula is C10H13FO2. The van der Waals surface area contributed by atoms with Gasteiger partial charge in [-0.3, -0.25) is 0 Å². The Kier molecular flexibility index (Phi) is 3.25. The van der Waals surface area contributed by atoms with Gasteiger partial charge in [0.25, 0.3) is 0 Å². The Morgan fingerprint density at radius 1 is 1.54 bits per heavy atom. The van der Waals surface area contributed by atoms with Gasteiger partial charge in [-0.05, 0) is 26.0 Å². The van der Waals surface area contributed by atoms with Crippen molar-refractivity contribution in [1.29, 1.82) is 0 Å². The molecule has 1 aromatic rings. The molecule has 1 atom stereocenters. The second-order valence-electron chi connectivity index (χ2n) is 2.79. The normalized spacial score (nSPS) is 12.6. The first-order valence-corrected chi connectivity index (χ1v) is 4.25. The van der Waals surface area contributed by atoms with Gasteiger partial charge in [0.1, 0.15) is 11.6 Å². The van der Waals surface area contributed by atoms with E-state index in [0.29, 0.717) is 17.9 Å². The highest BCUT2D eigenvalue weighted by molar-refractivity contribution is 5.29. The van der Waals surface area contributed by atoms with Crippen molar-refractivity contribution in [1.82, 2.24) is 0 Å². The van der Waals surface area contributed by atoms with Crippen LogP contribution < -0.4 is 4.74 Å². The van der Waals surface area contributed by atoms with E-state index in [1.54, 1.807) is 6.07 Å². The van der Waals surface area contributed by atoms with Crippen molar-refractivity contribution in [2.75, 3.05) is 6.61 Å². The van der Waals surface area contributed by atoms with E-state index in [2.05, 4.69) is 0 Å². The minimum Gasteiger partial charge on any atom is -0.494 e. The zero-order chi connectivity index (χ0) is 9.84. The fraction of sp³-hybridized carbons (Fsp3) is 0.400. The summed E-state index contributed by atoms with van der Waals surface area (Å²) in [6.45, 7) is 3.87. The molecule has 0 aliphatic rings. The molecule has 0 spiro atoms. The summed E-state index contributed by atoms with van der Waals surface area (Å²) >= 11 is 0. The largest absolute Gasteiger partial charge is 0.494 e.